The Hall–Kier alpha value is 0.330. The van der Waals surface area contributed by atoms with Gasteiger partial charge in [0.05, 0.1) is 10.0 Å². The molecule has 1 rings (SSSR count). The topological polar surface area (TPSA) is 20.2 Å². The molecule has 0 aliphatic carbocycles. The second kappa shape index (κ2) is 7.71. The van der Waals surface area contributed by atoms with Gasteiger partial charge in [-0.05, 0) is 29.0 Å². The van der Waals surface area contributed by atoms with Gasteiger partial charge in [-0.3, -0.25) is 0 Å². The number of aromatic hydroxyl groups is 1. The van der Waals surface area contributed by atoms with E-state index >= 15 is 0 Å². The number of alkyl halides is 1. The van der Waals surface area contributed by atoms with Crippen LogP contribution >= 0.6 is 45.8 Å². The van der Waals surface area contributed by atoms with Crippen LogP contribution in [0.4, 0.5) is 0 Å². The molecular weight excluding hydrogens is 322 g/mol. The maximum absolute atomic E-state index is 8.79. The van der Waals surface area contributed by atoms with Gasteiger partial charge in [0.25, 0.3) is 0 Å². The van der Waals surface area contributed by atoms with Crippen molar-refractivity contribution in [2.24, 2.45) is 0 Å². The average molecular weight is 333 g/mol. The second-order valence-electron chi connectivity index (χ2n) is 2.29. The van der Waals surface area contributed by atoms with E-state index in [4.69, 9.17) is 28.3 Å². The van der Waals surface area contributed by atoms with Gasteiger partial charge in [0.15, 0.2) is 0 Å². The Morgan fingerprint density at radius 2 is 1.85 bits per heavy atom. The summed E-state index contributed by atoms with van der Waals surface area (Å²) in [4.78, 5) is 0. The van der Waals surface area contributed by atoms with Crippen molar-refractivity contribution in [2.45, 2.75) is 13.3 Å². The van der Waals surface area contributed by atoms with Crippen LogP contribution in [0.25, 0.3) is 0 Å². The maximum atomic E-state index is 8.79. The van der Waals surface area contributed by atoms with Gasteiger partial charge in [-0.2, -0.15) is 0 Å². The summed E-state index contributed by atoms with van der Waals surface area (Å²) in [5.74, 6) is 0.129. The van der Waals surface area contributed by atoms with Crippen LogP contribution in [0.15, 0.2) is 18.2 Å². The predicted octanol–water partition coefficient (Wildman–Crippen LogP) is 4.53. The lowest BCUT2D eigenvalue weighted by Gasteiger charge is -1.93. The molecule has 0 aliphatic rings. The van der Waals surface area contributed by atoms with Gasteiger partial charge in [0, 0.05) is 0 Å². The molecule has 0 heterocycles. The molecular formula is C9H11Cl2IO. The highest BCUT2D eigenvalue weighted by Gasteiger charge is 1.95. The summed E-state index contributed by atoms with van der Waals surface area (Å²) >= 11 is 13.4. The van der Waals surface area contributed by atoms with Crippen LogP contribution in [0.1, 0.15) is 13.3 Å². The zero-order chi connectivity index (χ0) is 10.3. The first kappa shape index (κ1) is 13.3. The van der Waals surface area contributed by atoms with Gasteiger partial charge >= 0.3 is 0 Å². The van der Waals surface area contributed by atoms with Gasteiger partial charge in [-0.15, -0.1) is 0 Å². The van der Waals surface area contributed by atoms with Gasteiger partial charge in [0.1, 0.15) is 5.75 Å². The van der Waals surface area contributed by atoms with Crippen LogP contribution in [-0.4, -0.2) is 9.53 Å². The van der Waals surface area contributed by atoms with Crippen molar-refractivity contribution >= 4 is 45.8 Å². The maximum Gasteiger partial charge on any atom is 0.117 e. The fourth-order valence-corrected chi connectivity index (χ4v) is 0.777. The molecule has 0 aromatic heterocycles. The standard InChI is InChI=1S/C6H4Cl2O.C3H7I/c7-5-2-1-4(9)3-6(5)8;1-2-3-4/h1-3,9H;2-3H2,1H3. The molecule has 0 saturated heterocycles. The Balaban J connectivity index is 0.000000310. The van der Waals surface area contributed by atoms with E-state index in [1.54, 1.807) is 6.07 Å². The van der Waals surface area contributed by atoms with E-state index in [0.29, 0.717) is 10.0 Å². The third kappa shape index (κ3) is 6.41. The van der Waals surface area contributed by atoms with E-state index in [9.17, 15) is 0 Å². The second-order valence-corrected chi connectivity index (χ2v) is 4.18. The summed E-state index contributed by atoms with van der Waals surface area (Å²) in [5.41, 5.74) is 0. The lowest BCUT2D eigenvalue weighted by atomic mass is 10.3. The molecule has 0 amide bonds. The van der Waals surface area contributed by atoms with Crippen molar-refractivity contribution in [3.8, 4) is 5.75 Å². The Morgan fingerprint density at radius 3 is 2.15 bits per heavy atom. The van der Waals surface area contributed by atoms with Gasteiger partial charge in [-0.25, -0.2) is 0 Å². The first-order chi connectivity index (χ1) is 6.11. The number of hydrogen-bond acceptors (Lipinski definition) is 1. The van der Waals surface area contributed by atoms with Gasteiger partial charge < -0.3 is 5.11 Å². The Labute approximate surface area is 102 Å². The largest absolute Gasteiger partial charge is 0.508 e. The lowest BCUT2D eigenvalue weighted by molar-refractivity contribution is 0.475. The number of phenols is 1. The minimum absolute atomic E-state index is 0.129. The first-order valence-corrected chi connectivity index (χ1v) is 6.10. The minimum atomic E-state index is 0.129. The molecule has 0 spiro atoms. The Bertz CT molecular complexity index is 251. The summed E-state index contributed by atoms with van der Waals surface area (Å²) in [6.07, 6.45) is 1.31. The Morgan fingerprint density at radius 1 is 1.31 bits per heavy atom. The van der Waals surface area contributed by atoms with Crippen molar-refractivity contribution in [1.29, 1.82) is 0 Å². The predicted molar refractivity (Wildman–Crippen MR) is 67.3 cm³/mol. The quantitative estimate of drug-likeness (QED) is 0.591. The smallest absolute Gasteiger partial charge is 0.117 e. The molecule has 0 atom stereocenters. The third-order valence-electron chi connectivity index (χ3n) is 1.09. The summed E-state index contributed by atoms with van der Waals surface area (Å²) in [6, 6.07) is 4.41. The number of phenolic OH excluding ortho intramolecular Hbond substituents is 1. The Kier molecular flexibility index (Phi) is 7.90. The van der Waals surface area contributed by atoms with Crippen molar-refractivity contribution < 1.29 is 5.11 Å². The van der Waals surface area contributed by atoms with Crippen LogP contribution in [0.2, 0.25) is 10.0 Å². The molecule has 74 valence electrons. The van der Waals surface area contributed by atoms with Crippen LogP contribution in [0.5, 0.6) is 5.75 Å². The summed E-state index contributed by atoms with van der Waals surface area (Å²) in [5, 5.41) is 9.62. The molecule has 0 unspecified atom stereocenters. The highest BCUT2D eigenvalue weighted by atomic mass is 127. The van der Waals surface area contributed by atoms with Crippen molar-refractivity contribution in [3.63, 3.8) is 0 Å². The van der Waals surface area contributed by atoms with Gasteiger partial charge in [-0.1, -0.05) is 52.7 Å². The molecule has 1 aromatic carbocycles. The molecule has 0 fully saturated rings. The molecule has 1 aromatic rings. The molecule has 0 aliphatic heterocycles. The monoisotopic (exact) mass is 332 g/mol. The molecule has 4 heteroatoms. The number of rotatable bonds is 1. The molecule has 1 N–H and O–H groups in total. The van der Waals surface area contributed by atoms with Crippen LogP contribution in [-0.2, 0) is 0 Å². The number of benzene rings is 1. The lowest BCUT2D eigenvalue weighted by Crippen LogP contribution is -1.66. The summed E-state index contributed by atoms with van der Waals surface area (Å²) < 4.78 is 1.29. The highest BCUT2D eigenvalue weighted by molar-refractivity contribution is 14.1. The molecule has 0 bridgehead atoms. The van der Waals surface area contributed by atoms with E-state index in [1.807, 2.05) is 0 Å². The average Bonchev–Trinajstić information content (AvgIpc) is 2.12. The van der Waals surface area contributed by atoms with Crippen LogP contribution < -0.4 is 0 Å². The van der Waals surface area contributed by atoms with E-state index in [1.165, 1.54) is 23.0 Å². The summed E-state index contributed by atoms with van der Waals surface area (Å²) in [7, 11) is 0. The van der Waals surface area contributed by atoms with Crippen molar-refractivity contribution in [3.05, 3.63) is 28.2 Å². The molecule has 13 heavy (non-hydrogen) atoms. The van der Waals surface area contributed by atoms with Crippen LogP contribution in [0.3, 0.4) is 0 Å². The summed E-state index contributed by atoms with van der Waals surface area (Å²) in [6.45, 7) is 2.17. The SMILES string of the molecule is CCCI.Oc1ccc(Cl)c(Cl)c1. The fraction of sp³-hybridized carbons (Fsp3) is 0.333. The first-order valence-electron chi connectivity index (χ1n) is 3.81. The fourth-order valence-electron chi connectivity index (χ4n) is 0.485. The zero-order valence-electron chi connectivity index (χ0n) is 7.23. The van der Waals surface area contributed by atoms with Crippen molar-refractivity contribution in [1.82, 2.24) is 0 Å². The zero-order valence-corrected chi connectivity index (χ0v) is 10.9. The van der Waals surface area contributed by atoms with Crippen LogP contribution in [0, 0.1) is 0 Å². The highest BCUT2D eigenvalue weighted by Crippen LogP contribution is 2.24. The van der Waals surface area contributed by atoms with Gasteiger partial charge in [0.2, 0.25) is 0 Å². The minimum Gasteiger partial charge on any atom is -0.508 e. The van der Waals surface area contributed by atoms with E-state index in [-0.39, 0.29) is 5.75 Å². The van der Waals surface area contributed by atoms with E-state index in [0.717, 1.165) is 0 Å². The number of halogens is 3. The number of hydrogen-bond donors (Lipinski definition) is 1. The molecule has 1 nitrogen and oxygen atoms in total. The van der Waals surface area contributed by atoms with E-state index in [2.05, 4.69) is 29.5 Å². The van der Waals surface area contributed by atoms with E-state index < -0.39 is 0 Å². The molecule has 0 radical (unpaired) electrons. The normalized spacial score (nSPS) is 8.92. The molecule has 0 saturated carbocycles. The van der Waals surface area contributed by atoms with Crippen molar-refractivity contribution in [2.75, 3.05) is 4.43 Å². The third-order valence-corrected chi connectivity index (χ3v) is 2.91.